The second kappa shape index (κ2) is 6.81. The zero-order valence-electron chi connectivity index (χ0n) is 9.47. The van der Waals surface area contributed by atoms with Crippen LogP contribution in [0.5, 0.6) is 0 Å². The molecule has 8 heteroatoms. The summed E-state index contributed by atoms with van der Waals surface area (Å²) in [5, 5.41) is 0. The van der Waals surface area contributed by atoms with Crippen molar-refractivity contribution in [2.45, 2.75) is 16.9 Å². The van der Waals surface area contributed by atoms with Crippen LogP contribution in [0.15, 0.2) is 20.1 Å². The summed E-state index contributed by atoms with van der Waals surface area (Å²) in [6.07, 6.45) is 0.0615. The molecule has 0 aliphatic rings. The van der Waals surface area contributed by atoms with Crippen LogP contribution in [0.25, 0.3) is 0 Å². The molecule has 0 saturated carbocycles. The third kappa shape index (κ3) is 4.65. The molecule has 5 nitrogen and oxygen atoms in total. The van der Waals surface area contributed by atoms with Gasteiger partial charge in [0.05, 0.1) is 3.79 Å². The van der Waals surface area contributed by atoms with Gasteiger partial charge in [0.25, 0.3) is 0 Å². The minimum atomic E-state index is -3.42. The van der Waals surface area contributed by atoms with Crippen molar-refractivity contribution in [1.29, 1.82) is 0 Å². The lowest BCUT2D eigenvalue weighted by Gasteiger charge is -2.13. The van der Waals surface area contributed by atoms with Gasteiger partial charge >= 0.3 is 0 Å². The smallest absolute Gasteiger partial charge is 0.250 e. The second-order valence-electron chi connectivity index (χ2n) is 3.15. The van der Waals surface area contributed by atoms with E-state index in [9.17, 15) is 8.42 Å². The van der Waals surface area contributed by atoms with E-state index < -0.39 is 16.3 Å². The molecule has 0 atom stereocenters. The largest absolute Gasteiger partial charge is 0.356 e. The summed E-state index contributed by atoms with van der Waals surface area (Å²) in [4.78, 5) is 0. The highest BCUT2D eigenvalue weighted by Gasteiger charge is 2.16. The van der Waals surface area contributed by atoms with Crippen LogP contribution in [-0.2, 0) is 19.5 Å². The van der Waals surface area contributed by atoms with Gasteiger partial charge in [0.15, 0.2) is 6.29 Å². The SMILES string of the molecule is COC(CCNS(=O)(=O)c1ccc(Br)s1)OC. The summed E-state index contributed by atoms with van der Waals surface area (Å²) in [5.74, 6) is 0. The molecule has 1 aromatic rings. The van der Waals surface area contributed by atoms with Crippen LogP contribution in [0.2, 0.25) is 0 Å². The number of nitrogens with one attached hydrogen (secondary N) is 1. The van der Waals surface area contributed by atoms with E-state index in [1.807, 2.05) is 0 Å². The van der Waals surface area contributed by atoms with Crippen molar-refractivity contribution < 1.29 is 17.9 Å². The summed E-state index contributed by atoms with van der Waals surface area (Å²) in [6.45, 7) is 0.268. The van der Waals surface area contributed by atoms with Crippen LogP contribution < -0.4 is 4.72 Å². The van der Waals surface area contributed by atoms with Gasteiger partial charge in [-0.2, -0.15) is 0 Å². The molecule has 0 unspecified atom stereocenters. The minimum absolute atomic E-state index is 0.268. The van der Waals surface area contributed by atoms with Gasteiger partial charge in [-0.3, -0.25) is 0 Å². The lowest BCUT2D eigenvalue weighted by molar-refractivity contribution is -0.104. The minimum Gasteiger partial charge on any atom is -0.356 e. The molecule has 98 valence electrons. The van der Waals surface area contributed by atoms with E-state index in [0.717, 1.165) is 3.79 Å². The number of rotatable bonds is 7. The van der Waals surface area contributed by atoms with E-state index in [2.05, 4.69) is 20.7 Å². The second-order valence-corrected chi connectivity index (χ2v) is 7.60. The fourth-order valence-electron chi connectivity index (χ4n) is 1.16. The molecule has 0 aliphatic heterocycles. The number of thiophene rings is 1. The predicted octanol–water partition coefficient (Wildman–Crippen LogP) is 1.80. The molecule has 1 N–H and O–H groups in total. The van der Waals surface area contributed by atoms with Crippen molar-refractivity contribution in [3.8, 4) is 0 Å². The average Bonchev–Trinajstić information content (AvgIpc) is 2.72. The van der Waals surface area contributed by atoms with Crippen LogP contribution in [0.3, 0.4) is 0 Å². The number of sulfonamides is 1. The standard InChI is InChI=1S/C9H14BrNO4S2/c1-14-8(15-2)5-6-11-17(12,13)9-4-3-7(10)16-9/h3-4,8,11H,5-6H2,1-2H3. The Kier molecular flexibility index (Phi) is 6.04. The first-order valence-corrected chi connectivity index (χ1v) is 7.89. The number of halogens is 1. The number of methoxy groups -OCH3 is 2. The molecule has 0 fully saturated rings. The third-order valence-electron chi connectivity index (χ3n) is 2.01. The van der Waals surface area contributed by atoms with Gasteiger partial charge in [-0.05, 0) is 28.1 Å². The van der Waals surface area contributed by atoms with E-state index in [4.69, 9.17) is 9.47 Å². The Morgan fingerprint density at radius 3 is 2.53 bits per heavy atom. The highest BCUT2D eigenvalue weighted by Crippen LogP contribution is 2.25. The Bertz CT molecular complexity index is 442. The fourth-order valence-corrected chi connectivity index (χ4v) is 4.26. The van der Waals surface area contributed by atoms with Gasteiger partial charge in [0.1, 0.15) is 4.21 Å². The van der Waals surface area contributed by atoms with Gasteiger partial charge in [-0.1, -0.05) is 0 Å². The molecule has 0 saturated heterocycles. The van der Waals surface area contributed by atoms with E-state index in [1.54, 1.807) is 12.1 Å². The highest BCUT2D eigenvalue weighted by atomic mass is 79.9. The Labute approximate surface area is 113 Å². The average molecular weight is 344 g/mol. The summed E-state index contributed by atoms with van der Waals surface area (Å²) in [6, 6.07) is 3.26. The molecule has 1 aromatic heterocycles. The van der Waals surface area contributed by atoms with Crippen molar-refractivity contribution in [2.75, 3.05) is 20.8 Å². The van der Waals surface area contributed by atoms with Gasteiger partial charge < -0.3 is 9.47 Å². The normalized spacial score (nSPS) is 12.2. The molecule has 1 heterocycles. The van der Waals surface area contributed by atoms with Gasteiger partial charge in [-0.25, -0.2) is 13.1 Å². The maximum absolute atomic E-state index is 11.8. The first-order chi connectivity index (χ1) is 7.99. The lowest BCUT2D eigenvalue weighted by Crippen LogP contribution is -2.28. The summed E-state index contributed by atoms with van der Waals surface area (Å²) >= 11 is 4.39. The quantitative estimate of drug-likeness (QED) is 0.766. The monoisotopic (exact) mass is 343 g/mol. The predicted molar refractivity (Wildman–Crippen MR) is 69.6 cm³/mol. The van der Waals surface area contributed by atoms with Gasteiger partial charge in [0, 0.05) is 27.2 Å². The number of hydrogen-bond donors (Lipinski definition) is 1. The van der Waals surface area contributed by atoms with Crippen LogP contribution in [-0.4, -0.2) is 35.5 Å². The first kappa shape index (κ1) is 15.1. The van der Waals surface area contributed by atoms with Gasteiger partial charge in [0.2, 0.25) is 10.0 Å². The fraction of sp³-hybridized carbons (Fsp3) is 0.556. The highest BCUT2D eigenvalue weighted by molar-refractivity contribution is 9.11. The zero-order chi connectivity index (χ0) is 12.9. The van der Waals surface area contributed by atoms with Crippen LogP contribution in [0, 0.1) is 0 Å². The Morgan fingerprint density at radius 2 is 2.06 bits per heavy atom. The molecule has 1 rings (SSSR count). The van der Waals surface area contributed by atoms with E-state index in [-0.39, 0.29) is 10.8 Å². The topological polar surface area (TPSA) is 64.6 Å². The van der Waals surface area contributed by atoms with Crippen molar-refractivity contribution in [1.82, 2.24) is 4.72 Å². The molecule has 0 bridgehead atoms. The molecular weight excluding hydrogens is 330 g/mol. The molecule has 0 radical (unpaired) electrons. The molecule has 0 aromatic carbocycles. The summed E-state index contributed by atoms with van der Waals surface area (Å²) in [7, 11) is -0.398. The Morgan fingerprint density at radius 1 is 1.41 bits per heavy atom. The zero-order valence-corrected chi connectivity index (χ0v) is 12.7. The Balaban J connectivity index is 2.51. The van der Waals surface area contributed by atoms with Crippen molar-refractivity contribution >= 4 is 37.3 Å². The van der Waals surface area contributed by atoms with E-state index in [1.165, 1.54) is 25.6 Å². The van der Waals surface area contributed by atoms with Crippen molar-refractivity contribution in [2.24, 2.45) is 0 Å². The molecule has 17 heavy (non-hydrogen) atoms. The maximum atomic E-state index is 11.8. The van der Waals surface area contributed by atoms with Crippen molar-refractivity contribution in [3.05, 3.63) is 15.9 Å². The Hall–Kier alpha value is 0.01000. The molecule has 0 aliphatic carbocycles. The first-order valence-electron chi connectivity index (χ1n) is 4.80. The van der Waals surface area contributed by atoms with Gasteiger partial charge in [-0.15, -0.1) is 11.3 Å². The summed E-state index contributed by atoms with van der Waals surface area (Å²) in [5.41, 5.74) is 0. The van der Waals surface area contributed by atoms with E-state index in [0.29, 0.717) is 6.42 Å². The summed E-state index contributed by atoms with van der Waals surface area (Å²) < 4.78 is 37.1. The van der Waals surface area contributed by atoms with Crippen LogP contribution in [0.4, 0.5) is 0 Å². The third-order valence-corrected chi connectivity index (χ3v) is 5.59. The number of hydrogen-bond acceptors (Lipinski definition) is 5. The lowest BCUT2D eigenvalue weighted by atomic mass is 10.4. The van der Waals surface area contributed by atoms with E-state index >= 15 is 0 Å². The van der Waals surface area contributed by atoms with Crippen LogP contribution >= 0.6 is 27.3 Å². The maximum Gasteiger partial charge on any atom is 0.250 e. The molecule has 0 amide bonds. The van der Waals surface area contributed by atoms with Crippen molar-refractivity contribution in [3.63, 3.8) is 0 Å². The van der Waals surface area contributed by atoms with Crippen LogP contribution in [0.1, 0.15) is 6.42 Å². The molecular formula is C9H14BrNO4S2. The molecule has 0 spiro atoms. The number of ether oxygens (including phenoxy) is 2.